The molecule has 1 aromatic carbocycles. The molecule has 2 bridgehead atoms. The van der Waals surface area contributed by atoms with Gasteiger partial charge in [-0.1, -0.05) is 28.1 Å². The van der Waals surface area contributed by atoms with Crippen molar-refractivity contribution in [2.75, 3.05) is 0 Å². The molecule has 17 heavy (non-hydrogen) atoms. The van der Waals surface area contributed by atoms with Crippen LogP contribution in [0.3, 0.4) is 0 Å². The average Bonchev–Trinajstić information content (AvgIpc) is 2.91. The van der Waals surface area contributed by atoms with Gasteiger partial charge in [0, 0.05) is 9.89 Å². The van der Waals surface area contributed by atoms with Gasteiger partial charge in [-0.15, -0.1) is 0 Å². The van der Waals surface area contributed by atoms with Crippen molar-refractivity contribution >= 4 is 15.9 Å². The van der Waals surface area contributed by atoms with Crippen LogP contribution in [0.5, 0.6) is 0 Å². The predicted octanol–water partition coefficient (Wildman–Crippen LogP) is 4.24. The molecule has 0 saturated heterocycles. The monoisotopic (exact) mass is 294 g/mol. The maximum absolute atomic E-state index is 11.0. The summed E-state index contributed by atoms with van der Waals surface area (Å²) in [5, 5.41) is 11.0. The normalized spacial score (nSPS) is 34.9. The van der Waals surface area contributed by atoms with Crippen LogP contribution in [0.15, 0.2) is 28.7 Å². The Morgan fingerprint density at radius 2 is 1.82 bits per heavy atom. The summed E-state index contributed by atoms with van der Waals surface area (Å²) in [6.07, 6.45) is 6.23. The smallest absolute Gasteiger partial charge is 0.0924 e. The topological polar surface area (TPSA) is 20.2 Å². The first-order valence-corrected chi connectivity index (χ1v) is 7.31. The molecule has 0 spiro atoms. The molecule has 0 heterocycles. The summed E-state index contributed by atoms with van der Waals surface area (Å²) in [6.45, 7) is 2.02. The Kier molecular flexibility index (Phi) is 2.64. The van der Waals surface area contributed by atoms with E-state index in [0.29, 0.717) is 0 Å². The van der Waals surface area contributed by atoms with E-state index in [2.05, 4.69) is 28.1 Å². The van der Waals surface area contributed by atoms with Gasteiger partial charge >= 0.3 is 0 Å². The van der Waals surface area contributed by atoms with E-state index in [9.17, 15) is 5.11 Å². The quantitative estimate of drug-likeness (QED) is 0.865. The fraction of sp³-hybridized carbons (Fsp3) is 0.600. The molecule has 0 amide bonds. The minimum absolute atomic E-state index is 0.144. The van der Waals surface area contributed by atoms with Crippen molar-refractivity contribution in [2.45, 2.75) is 44.6 Å². The highest BCUT2D eigenvalue weighted by molar-refractivity contribution is 9.10. The molecule has 1 unspecified atom stereocenters. The fourth-order valence-electron chi connectivity index (χ4n) is 3.96. The summed E-state index contributed by atoms with van der Waals surface area (Å²) < 4.78 is 1.07. The SMILES string of the molecule is CC(O)(c1ccc(Br)cc1)C12CCC(CC1)C2. The molecule has 2 saturated carbocycles. The first-order chi connectivity index (χ1) is 8.03. The standard InChI is InChI=1S/C15H19BrO/c1-14(17,12-2-4-13(16)5-3-12)15-8-6-11(10-15)7-9-15/h2-5,11,17H,6-10H2,1H3. The molecular formula is C15H19BrO. The van der Waals surface area contributed by atoms with Crippen LogP contribution >= 0.6 is 15.9 Å². The Bertz CT molecular complexity index is 413. The molecule has 1 aromatic rings. The lowest BCUT2D eigenvalue weighted by atomic mass is 9.67. The van der Waals surface area contributed by atoms with Crippen LogP contribution in [0.4, 0.5) is 0 Å². The minimum Gasteiger partial charge on any atom is -0.385 e. The molecule has 92 valence electrons. The van der Waals surface area contributed by atoms with Gasteiger partial charge in [0.1, 0.15) is 0 Å². The number of halogens is 1. The van der Waals surface area contributed by atoms with Crippen LogP contribution in [0.2, 0.25) is 0 Å². The zero-order valence-corrected chi connectivity index (χ0v) is 11.8. The van der Waals surface area contributed by atoms with Crippen LogP contribution in [0.1, 0.15) is 44.6 Å². The third-order valence-corrected chi connectivity index (χ3v) is 5.71. The summed E-state index contributed by atoms with van der Waals surface area (Å²) in [6, 6.07) is 8.18. The molecular weight excluding hydrogens is 276 g/mol. The van der Waals surface area contributed by atoms with Crippen molar-refractivity contribution in [2.24, 2.45) is 11.3 Å². The van der Waals surface area contributed by atoms with Crippen molar-refractivity contribution in [3.05, 3.63) is 34.3 Å². The molecule has 1 nitrogen and oxygen atoms in total. The lowest BCUT2D eigenvalue weighted by Crippen LogP contribution is -2.40. The van der Waals surface area contributed by atoms with Crippen LogP contribution < -0.4 is 0 Å². The van der Waals surface area contributed by atoms with Crippen LogP contribution in [0, 0.1) is 11.3 Å². The number of hydrogen-bond donors (Lipinski definition) is 1. The van der Waals surface area contributed by atoms with Gasteiger partial charge in [-0.05, 0) is 62.6 Å². The van der Waals surface area contributed by atoms with Crippen molar-refractivity contribution in [1.29, 1.82) is 0 Å². The van der Waals surface area contributed by atoms with Crippen LogP contribution in [0.25, 0.3) is 0 Å². The Labute approximate surface area is 111 Å². The van der Waals surface area contributed by atoms with E-state index in [1.165, 1.54) is 32.1 Å². The summed E-state index contributed by atoms with van der Waals surface area (Å²) >= 11 is 3.45. The van der Waals surface area contributed by atoms with Crippen molar-refractivity contribution in [3.8, 4) is 0 Å². The number of fused-ring (bicyclic) bond motifs is 2. The Morgan fingerprint density at radius 1 is 1.24 bits per heavy atom. The molecule has 0 aromatic heterocycles. The summed E-state index contributed by atoms with van der Waals surface area (Å²) in [4.78, 5) is 0. The van der Waals surface area contributed by atoms with E-state index < -0.39 is 5.60 Å². The van der Waals surface area contributed by atoms with Gasteiger partial charge in [0.25, 0.3) is 0 Å². The largest absolute Gasteiger partial charge is 0.385 e. The van der Waals surface area contributed by atoms with E-state index in [1.807, 2.05) is 19.1 Å². The van der Waals surface area contributed by atoms with Crippen LogP contribution in [-0.4, -0.2) is 5.11 Å². The number of benzene rings is 1. The lowest BCUT2D eigenvalue weighted by molar-refractivity contribution is -0.0723. The second-order valence-corrected chi connectivity index (χ2v) is 6.92. The summed E-state index contributed by atoms with van der Waals surface area (Å²) in [5.41, 5.74) is 0.549. The van der Waals surface area contributed by atoms with Gasteiger partial charge in [-0.3, -0.25) is 0 Å². The molecule has 2 heteroatoms. The van der Waals surface area contributed by atoms with Gasteiger partial charge in [-0.2, -0.15) is 0 Å². The Hall–Kier alpha value is -0.340. The van der Waals surface area contributed by atoms with E-state index >= 15 is 0 Å². The van der Waals surface area contributed by atoms with E-state index in [0.717, 1.165) is 16.0 Å². The van der Waals surface area contributed by atoms with E-state index in [1.54, 1.807) is 0 Å². The fourth-order valence-corrected chi connectivity index (χ4v) is 4.22. The first-order valence-electron chi connectivity index (χ1n) is 6.52. The summed E-state index contributed by atoms with van der Waals surface area (Å²) in [5.74, 6) is 0.872. The zero-order valence-electron chi connectivity index (χ0n) is 10.2. The maximum Gasteiger partial charge on any atom is 0.0924 e. The molecule has 0 radical (unpaired) electrons. The predicted molar refractivity (Wildman–Crippen MR) is 72.7 cm³/mol. The highest BCUT2D eigenvalue weighted by Crippen LogP contribution is 2.62. The van der Waals surface area contributed by atoms with Crippen molar-refractivity contribution < 1.29 is 5.11 Å². The second kappa shape index (κ2) is 3.83. The van der Waals surface area contributed by atoms with Crippen molar-refractivity contribution in [1.82, 2.24) is 0 Å². The van der Waals surface area contributed by atoms with Gasteiger partial charge < -0.3 is 5.11 Å². The first kappa shape index (κ1) is 11.7. The van der Waals surface area contributed by atoms with Crippen LogP contribution in [-0.2, 0) is 5.60 Å². The maximum atomic E-state index is 11.0. The number of aliphatic hydroxyl groups is 1. The third-order valence-electron chi connectivity index (χ3n) is 5.18. The van der Waals surface area contributed by atoms with Gasteiger partial charge in [0.2, 0.25) is 0 Å². The minimum atomic E-state index is -0.668. The molecule has 3 rings (SSSR count). The molecule has 1 N–H and O–H groups in total. The third kappa shape index (κ3) is 1.68. The average molecular weight is 295 g/mol. The van der Waals surface area contributed by atoms with Gasteiger partial charge in [0.05, 0.1) is 5.60 Å². The highest BCUT2D eigenvalue weighted by Gasteiger charge is 2.55. The molecule has 2 aliphatic rings. The lowest BCUT2D eigenvalue weighted by Gasteiger charge is -2.42. The zero-order chi connectivity index (χ0) is 12.1. The van der Waals surface area contributed by atoms with Gasteiger partial charge in [0.15, 0.2) is 0 Å². The number of hydrogen-bond acceptors (Lipinski definition) is 1. The van der Waals surface area contributed by atoms with Gasteiger partial charge in [-0.25, -0.2) is 0 Å². The molecule has 2 fully saturated rings. The second-order valence-electron chi connectivity index (χ2n) is 6.01. The highest BCUT2D eigenvalue weighted by atomic mass is 79.9. The Balaban J connectivity index is 1.97. The summed E-state index contributed by atoms with van der Waals surface area (Å²) in [7, 11) is 0. The van der Waals surface area contributed by atoms with E-state index in [4.69, 9.17) is 0 Å². The molecule has 2 aliphatic carbocycles. The molecule has 1 atom stereocenters. The molecule has 0 aliphatic heterocycles. The number of rotatable bonds is 2. The van der Waals surface area contributed by atoms with E-state index in [-0.39, 0.29) is 5.41 Å². The van der Waals surface area contributed by atoms with Crippen molar-refractivity contribution in [3.63, 3.8) is 0 Å². The Morgan fingerprint density at radius 3 is 2.29 bits per heavy atom.